The summed E-state index contributed by atoms with van der Waals surface area (Å²) in [5.41, 5.74) is 15.9. The Morgan fingerprint density at radius 2 is 0.740 bits per heavy atom. The third-order valence-electron chi connectivity index (χ3n) is 28.2. The van der Waals surface area contributed by atoms with Crippen LogP contribution in [0.15, 0.2) is 217 Å². The first kappa shape index (κ1) is 111. The minimum atomic E-state index is -0.432. The van der Waals surface area contributed by atoms with E-state index < -0.39 is 18.1 Å². The molecule has 0 saturated heterocycles. The monoisotopic (exact) mass is 2100 g/mol. The number of unbranched alkanes of at least 4 members (excludes halogenated alkanes) is 6. The molecule has 4 aliphatic rings. The van der Waals surface area contributed by atoms with Gasteiger partial charge in [-0.3, -0.25) is 43.2 Å². The number of hydrogen-bond acceptors (Lipinski definition) is 18. The number of methoxy groups -OCH3 is 2. The molecule has 9 amide bonds. The van der Waals surface area contributed by atoms with Crippen LogP contribution in [-0.2, 0) is 66.1 Å². The van der Waals surface area contributed by atoms with E-state index in [-0.39, 0.29) is 91.7 Å². The lowest BCUT2D eigenvalue weighted by Gasteiger charge is -2.36. The maximum atomic E-state index is 14.6. The van der Waals surface area contributed by atoms with E-state index in [0.717, 1.165) is 137 Å². The van der Waals surface area contributed by atoms with Gasteiger partial charge in [-0.1, -0.05) is 189 Å². The highest BCUT2D eigenvalue weighted by Crippen LogP contribution is 2.39. The fourth-order valence-corrected chi connectivity index (χ4v) is 20.3. The molecule has 0 bridgehead atoms. The van der Waals surface area contributed by atoms with E-state index in [4.69, 9.17) is 29.5 Å². The number of carbonyl (C=O) groups is 9. The van der Waals surface area contributed by atoms with Crippen molar-refractivity contribution < 1.29 is 72.7 Å². The molecule has 6 N–H and O–H groups in total. The van der Waals surface area contributed by atoms with Crippen molar-refractivity contribution in [1.29, 1.82) is 0 Å². The van der Waals surface area contributed by atoms with E-state index in [1.165, 1.54) is 0 Å². The summed E-state index contributed by atoms with van der Waals surface area (Å²) in [6, 6.07) is 64.1. The first-order chi connectivity index (χ1) is 72.7. The molecule has 0 radical (unpaired) electrons. The van der Waals surface area contributed by atoms with Gasteiger partial charge in [-0.15, -0.1) is 0 Å². The van der Waals surface area contributed by atoms with Crippen LogP contribution in [0.4, 0.5) is 17.1 Å². The second-order valence-corrected chi connectivity index (χ2v) is 39.9. The van der Waals surface area contributed by atoms with E-state index in [2.05, 4.69) is 73.4 Å². The van der Waals surface area contributed by atoms with Crippen LogP contribution in [-0.4, -0.2) is 225 Å². The van der Waals surface area contributed by atoms with E-state index in [0.29, 0.717) is 194 Å². The lowest BCUT2D eigenvalue weighted by Crippen LogP contribution is -2.46. The summed E-state index contributed by atoms with van der Waals surface area (Å²) in [7, 11) is 3.16. The normalized spacial score (nSPS) is 14.7. The molecule has 4 atom stereocenters. The molecule has 9 aromatic carbocycles. The number of rotatable bonds is 42. The number of amides is 9. The summed E-state index contributed by atoms with van der Waals surface area (Å²) < 4.78 is 22.1. The summed E-state index contributed by atoms with van der Waals surface area (Å²) in [6.45, 7) is 23.2. The summed E-state index contributed by atoms with van der Waals surface area (Å²) >= 11 is 3.48. The third kappa shape index (κ3) is 27.6. The Bertz CT molecular complexity index is 6720. The number of hydrogen-bond donors (Lipinski definition) is 6. The lowest BCUT2D eigenvalue weighted by molar-refractivity contribution is -0.117. The molecule has 16 rings (SSSR count). The number of carbonyl (C=O) groups excluding carboxylic acids is 9. The zero-order valence-corrected chi connectivity index (χ0v) is 89.7. The van der Waals surface area contributed by atoms with Crippen molar-refractivity contribution in [2.45, 2.75) is 228 Å². The van der Waals surface area contributed by atoms with Crippen molar-refractivity contribution in [2.75, 3.05) is 95.9 Å². The van der Waals surface area contributed by atoms with Gasteiger partial charge < -0.3 is 74.9 Å². The molecule has 0 fully saturated rings. The first-order valence-electron chi connectivity index (χ1n) is 52.8. The summed E-state index contributed by atoms with van der Waals surface area (Å²) in [6.07, 6.45) is 14.0. The van der Waals surface area contributed by atoms with Gasteiger partial charge in [0, 0.05) is 111 Å². The van der Waals surface area contributed by atoms with Crippen LogP contribution >= 0.6 is 15.9 Å². The van der Waals surface area contributed by atoms with Gasteiger partial charge in [-0.05, 0) is 249 Å². The zero-order chi connectivity index (χ0) is 107. The number of para-hydroxylation sites is 1. The second kappa shape index (κ2) is 53.7. The van der Waals surface area contributed by atoms with Crippen molar-refractivity contribution >= 4 is 86.2 Å². The zero-order valence-electron chi connectivity index (χ0n) is 88.1. The molecule has 1 unspecified atom stereocenters. The van der Waals surface area contributed by atoms with Gasteiger partial charge in [0.25, 0.3) is 35.4 Å². The number of aryl methyl sites for hydroxylation is 3. The summed E-state index contributed by atoms with van der Waals surface area (Å²) in [5, 5.41) is 54.4. The topological polar surface area (TPSA) is 351 Å². The molecule has 31 heteroatoms. The Morgan fingerprint density at radius 1 is 0.393 bits per heavy atom. The summed E-state index contributed by atoms with van der Waals surface area (Å²) in [5.74, 6) is 0.392. The van der Waals surface area contributed by atoms with Gasteiger partial charge in [0.1, 0.15) is 17.2 Å². The van der Waals surface area contributed by atoms with Crippen LogP contribution < -0.4 is 30.2 Å². The number of ether oxygens (including phenoxy) is 3. The minimum absolute atomic E-state index is 0.111. The van der Waals surface area contributed by atoms with Crippen molar-refractivity contribution in [3.8, 4) is 34.3 Å². The average molecular weight is 2100 g/mol. The van der Waals surface area contributed by atoms with Crippen LogP contribution in [0.3, 0.4) is 0 Å². The molecular formula is C119H142BrN15O15. The molecule has 7 heterocycles. The van der Waals surface area contributed by atoms with Crippen molar-refractivity contribution in [1.82, 2.24) is 58.7 Å². The van der Waals surface area contributed by atoms with Gasteiger partial charge in [0.05, 0.1) is 110 Å². The number of aliphatic hydroxyl groups excluding tert-OH is 3. The molecule has 30 nitrogen and oxygen atoms in total. The van der Waals surface area contributed by atoms with Gasteiger partial charge in [0.15, 0.2) is 17.1 Å². The molecular weight excluding hydrogens is 1960 g/mol. The fourth-order valence-electron chi connectivity index (χ4n) is 19.7. The van der Waals surface area contributed by atoms with E-state index >= 15 is 0 Å². The third-order valence-corrected chi connectivity index (χ3v) is 28.8. The van der Waals surface area contributed by atoms with Gasteiger partial charge >= 0.3 is 0 Å². The SMILES string of the molecule is CCCCN(CCCC)C(=O)c1cc(C)n(-c2ccc(NC(=O)CCC3COc4ccccc43)cc2C(=O)N2Cc3ccccc3C[C@H]2CO)n1.CCCCN(CCCC)C(=O)c1cc(C)n(-c2ccc(NC(=O)Cc3ccc(OC)c(Br)c3)cc2C(=O)N2Cc3ccccc3C[C@H]2CO)n1.CCCCN(CCCC)C(=O)c1cc(C)n(-c2ccc(NC(=O)Cc3cccc(OC)c3)cc2C(=O)N2Cc3ccccc3C[C@H]2CO)n1. The van der Waals surface area contributed by atoms with E-state index in [1.54, 1.807) is 122 Å². The fraction of sp³-hybridized carbons (Fsp3) is 0.395. The highest BCUT2D eigenvalue weighted by Gasteiger charge is 2.38. The number of benzene rings is 9. The highest BCUT2D eigenvalue weighted by molar-refractivity contribution is 9.10. The number of aromatic nitrogens is 6. The summed E-state index contributed by atoms with van der Waals surface area (Å²) in [4.78, 5) is 135. The first-order valence-corrected chi connectivity index (χ1v) is 53.6. The number of nitrogens with zero attached hydrogens (tertiary/aromatic N) is 12. The largest absolute Gasteiger partial charge is 0.497 e. The number of fused-ring (bicyclic) bond motifs is 4. The number of anilines is 3. The Labute approximate surface area is 888 Å². The number of aliphatic hydroxyl groups is 3. The molecule has 4 aliphatic heterocycles. The maximum Gasteiger partial charge on any atom is 0.274 e. The number of nitrogens with one attached hydrogen (secondary N) is 3. The van der Waals surface area contributed by atoms with Crippen LogP contribution in [0.25, 0.3) is 17.1 Å². The van der Waals surface area contributed by atoms with E-state index in [9.17, 15) is 58.5 Å². The molecule has 3 aromatic heterocycles. The lowest BCUT2D eigenvalue weighted by atomic mass is 9.93. The predicted molar refractivity (Wildman–Crippen MR) is 586 cm³/mol. The molecule has 0 aliphatic carbocycles. The van der Waals surface area contributed by atoms with Crippen LogP contribution in [0, 0.1) is 20.8 Å². The Hall–Kier alpha value is -14.4. The van der Waals surface area contributed by atoms with Crippen molar-refractivity contribution in [3.63, 3.8) is 0 Å². The van der Waals surface area contributed by atoms with Crippen molar-refractivity contribution in [3.05, 3.63) is 318 Å². The molecule has 150 heavy (non-hydrogen) atoms. The average Bonchev–Trinajstić information content (AvgIpc) is 1.72. The predicted octanol–water partition coefficient (Wildman–Crippen LogP) is 19.4. The minimum Gasteiger partial charge on any atom is -0.497 e. The van der Waals surface area contributed by atoms with Gasteiger partial charge in [-0.25, -0.2) is 14.0 Å². The Morgan fingerprint density at radius 3 is 1.09 bits per heavy atom. The van der Waals surface area contributed by atoms with Crippen LogP contribution in [0.2, 0.25) is 0 Å². The standard InChI is InChI=1S/C41H49N5O5.C39H46BrN5O5.C39H47N5O5/c1-4-6-20-44(21-7-5-2)41(50)36-22-28(3)46(43-36)37-18-17-32(42-39(48)19-16-31-27-51-38-15-11-10-14-34(31)38)24-35(37)40(49)45-25-30-13-9-8-12-29(30)23-33(45)26-47;1-5-7-17-43(18-8-6-2)39(49)34-19-26(3)45(42-34)35-15-14-30(41-37(47)21-27-13-16-36(50-4)33(40)20-27)23-32(35)38(48)44-24-29-12-10-9-11-28(29)22-31(44)25-46;1-5-7-18-42(19-8-6-2)39(48)35-20-27(3)44(41-35)36-17-16-31(40-37(46)22-28-12-11-15-33(21-28)49-4)24-34(36)38(47)43-25-30-14-10-9-13-29(30)23-32(43)26-45/h8-15,17-18,22,24,31,33,47H,4-7,16,19-21,23,25-27H2,1-3H3,(H,42,48);9-16,19-20,23,31,46H,5-8,17-18,21-22,24-25H2,1-4H3,(H,41,47);9-17,20-21,24,32,45H,5-8,18-19,22-23,25-26H2,1-4H3,(H,40,46)/t31?,33-;31-;32-/m000/s1. The van der Waals surface area contributed by atoms with Gasteiger partial charge in [0.2, 0.25) is 17.7 Å². The number of halogens is 1. The van der Waals surface area contributed by atoms with E-state index in [1.807, 2.05) is 169 Å². The smallest absolute Gasteiger partial charge is 0.274 e. The molecule has 790 valence electrons. The van der Waals surface area contributed by atoms with Crippen LogP contribution in [0.5, 0.6) is 17.2 Å². The van der Waals surface area contributed by atoms with Crippen molar-refractivity contribution in [2.24, 2.45) is 0 Å². The molecule has 0 saturated carbocycles. The highest BCUT2D eigenvalue weighted by atomic mass is 79.9. The molecule has 0 spiro atoms. The Balaban J connectivity index is 0.000000177. The maximum absolute atomic E-state index is 14.6. The second-order valence-electron chi connectivity index (χ2n) is 39.1. The van der Waals surface area contributed by atoms with Gasteiger partial charge in [-0.2, -0.15) is 15.3 Å². The Kier molecular flexibility index (Phi) is 39.8. The quantitative estimate of drug-likeness (QED) is 0.0207. The van der Waals surface area contributed by atoms with Crippen LogP contribution in [0.1, 0.15) is 267 Å². The molecule has 12 aromatic rings.